The zero-order chi connectivity index (χ0) is 23.9. The predicted molar refractivity (Wildman–Crippen MR) is 136 cm³/mol. The summed E-state index contributed by atoms with van der Waals surface area (Å²) in [4.78, 5) is 30.7. The first-order chi connectivity index (χ1) is 16.5. The molecule has 0 bridgehead atoms. The Balaban J connectivity index is 1.49. The van der Waals surface area contributed by atoms with E-state index in [1.807, 2.05) is 85.5 Å². The Bertz CT molecular complexity index is 1110. The Kier molecular flexibility index (Phi) is 7.76. The van der Waals surface area contributed by atoms with Crippen LogP contribution in [0.3, 0.4) is 0 Å². The van der Waals surface area contributed by atoms with Gasteiger partial charge in [0.05, 0.1) is 5.92 Å². The van der Waals surface area contributed by atoms with E-state index in [-0.39, 0.29) is 24.2 Å². The standard InChI is InChI=1S/C29H33N3O2/c1-22-13-14-27(17-23(22)2)30-28(33)18-26-21-31(19-24-9-5-3-6-10-24)15-16-32(29(26)34)20-25-11-7-4-8-12-25/h3-14,17,26H,15-16,18-21H2,1-2H3,(H,30,33). The predicted octanol–water partition coefficient (Wildman–Crippen LogP) is 4.79. The number of hydrogen-bond donors (Lipinski definition) is 1. The molecule has 1 heterocycles. The van der Waals surface area contributed by atoms with E-state index < -0.39 is 0 Å². The average molecular weight is 456 g/mol. The Labute approximate surface area is 202 Å². The van der Waals surface area contributed by atoms with Crippen molar-refractivity contribution < 1.29 is 9.59 Å². The Morgan fingerprint density at radius 3 is 2.15 bits per heavy atom. The summed E-state index contributed by atoms with van der Waals surface area (Å²) in [6.45, 7) is 7.41. The largest absolute Gasteiger partial charge is 0.337 e. The van der Waals surface area contributed by atoms with Crippen LogP contribution < -0.4 is 5.32 Å². The summed E-state index contributed by atoms with van der Waals surface area (Å²) >= 11 is 0. The fourth-order valence-electron chi connectivity index (χ4n) is 4.46. The van der Waals surface area contributed by atoms with Gasteiger partial charge in [-0.2, -0.15) is 0 Å². The Morgan fingerprint density at radius 2 is 1.50 bits per heavy atom. The highest BCUT2D eigenvalue weighted by Crippen LogP contribution is 2.21. The van der Waals surface area contributed by atoms with Gasteiger partial charge in [0, 0.05) is 44.8 Å². The summed E-state index contributed by atoms with van der Waals surface area (Å²) in [5.41, 5.74) is 5.41. The van der Waals surface area contributed by atoms with Crippen molar-refractivity contribution in [2.75, 3.05) is 25.0 Å². The number of amides is 2. The van der Waals surface area contributed by atoms with Crippen molar-refractivity contribution >= 4 is 17.5 Å². The minimum absolute atomic E-state index is 0.0506. The van der Waals surface area contributed by atoms with Crippen molar-refractivity contribution in [3.05, 3.63) is 101 Å². The van der Waals surface area contributed by atoms with Crippen LogP contribution in [-0.2, 0) is 22.7 Å². The summed E-state index contributed by atoms with van der Waals surface area (Å²) in [6.07, 6.45) is 0.169. The minimum atomic E-state index is -0.388. The molecule has 3 aromatic rings. The summed E-state index contributed by atoms with van der Waals surface area (Å²) in [7, 11) is 0. The van der Waals surface area contributed by atoms with Crippen LogP contribution in [0, 0.1) is 19.8 Å². The smallest absolute Gasteiger partial charge is 0.227 e. The molecule has 1 N–H and O–H groups in total. The minimum Gasteiger partial charge on any atom is -0.337 e. The molecular formula is C29H33N3O2. The van der Waals surface area contributed by atoms with Gasteiger partial charge in [-0.25, -0.2) is 0 Å². The SMILES string of the molecule is Cc1ccc(NC(=O)CC2CN(Cc3ccccc3)CCN(Cc3ccccc3)C2=O)cc1C. The second-order valence-electron chi connectivity index (χ2n) is 9.21. The number of carbonyl (C=O) groups excluding carboxylic acids is 2. The molecule has 0 saturated carbocycles. The molecule has 4 rings (SSSR count). The molecule has 1 atom stereocenters. The molecule has 5 nitrogen and oxygen atoms in total. The first kappa shape index (κ1) is 23.7. The van der Waals surface area contributed by atoms with Crippen LogP contribution in [0.25, 0.3) is 0 Å². The van der Waals surface area contributed by atoms with Crippen molar-refractivity contribution in [1.29, 1.82) is 0 Å². The molecule has 1 fully saturated rings. The van der Waals surface area contributed by atoms with Gasteiger partial charge in [0.25, 0.3) is 0 Å². The molecule has 0 spiro atoms. The molecule has 1 unspecified atom stereocenters. The molecule has 0 aliphatic carbocycles. The van der Waals surface area contributed by atoms with Crippen LogP contribution in [-0.4, -0.2) is 41.2 Å². The van der Waals surface area contributed by atoms with Gasteiger partial charge in [0.1, 0.15) is 0 Å². The molecule has 176 valence electrons. The van der Waals surface area contributed by atoms with E-state index >= 15 is 0 Å². The maximum Gasteiger partial charge on any atom is 0.227 e. The van der Waals surface area contributed by atoms with Crippen molar-refractivity contribution in [1.82, 2.24) is 9.80 Å². The summed E-state index contributed by atoms with van der Waals surface area (Å²) in [5.74, 6) is -0.459. The molecule has 1 saturated heterocycles. The number of rotatable bonds is 7. The fourth-order valence-corrected chi connectivity index (χ4v) is 4.46. The second-order valence-corrected chi connectivity index (χ2v) is 9.21. The third-order valence-electron chi connectivity index (χ3n) is 6.51. The first-order valence-corrected chi connectivity index (χ1v) is 11.9. The highest BCUT2D eigenvalue weighted by atomic mass is 16.2. The molecule has 0 aromatic heterocycles. The van der Waals surface area contributed by atoms with Crippen molar-refractivity contribution in [2.24, 2.45) is 5.92 Å². The van der Waals surface area contributed by atoms with Crippen LogP contribution >= 0.6 is 0 Å². The number of nitrogens with one attached hydrogen (secondary N) is 1. The van der Waals surface area contributed by atoms with Crippen LogP contribution in [0.2, 0.25) is 0 Å². The van der Waals surface area contributed by atoms with Gasteiger partial charge in [-0.3, -0.25) is 14.5 Å². The zero-order valence-corrected chi connectivity index (χ0v) is 20.0. The van der Waals surface area contributed by atoms with Gasteiger partial charge in [0.2, 0.25) is 11.8 Å². The third-order valence-corrected chi connectivity index (χ3v) is 6.51. The van der Waals surface area contributed by atoms with E-state index in [1.165, 1.54) is 11.1 Å². The van der Waals surface area contributed by atoms with E-state index in [1.54, 1.807) is 0 Å². The molecule has 34 heavy (non-hydrogen) atoms. The highest BCUT2D eigenvalue weighted by Gasteiger charge is 2.32. The number of hydrogen-bond acceptors (Lipinski definition) is 3. The molecule has 1 aliphatic rings. The van der Waals surface area contributed by atoms with E-state index in [0.717, 1.165) is 29.9 Å². The number of anilines is 1. The van der Waals surface area contributed by atoms with Crippen LogP contribution in [0.1, 0.15) is 28.7 Å². The number of aryl methyl sites for hydroxylation is 2. The Morgan fingerprint density at radius 1 is 0.853 bits per heavy atom. The fraction of sp³-hybridized carbons (Fsp3) is 0.310. The summed E-state index contributed by atoms with van der Waals surface area (Å²) in [6, 6.07) is 26.3. The number of nitrogens with zero attached hydrogens (tertiary/aromatic N) is 2. The molecule has 0 radical (unpaired) electrons. The van der Waals surface area contributed by atoms with Crippen LogP contribution in [0.4, 0.5) is 5.69 Å². The second kappa shape index (κ2) is 11.1. The van der Waals surface area contributed by atoms with Crippen molar-refractivity contribution in [3.63, 3.8) is 0 Å². The van der Waals surface area contributed by atoms with Crippen molar-refractivity contribution in [3.8, 4) is 0 Å². The van der Waals surface area contributed by atoms with E-state index in [2.05, 4.69) is 22.3 Å². The molecular weight excluding hydrogens is 422 g/mol. The molecule has 2 amide bonds. The number of benzene rings is 3. The number of carbonyl (C=O) groups is 2. The van der Waals surface area contributed by atoms with E-state index in [4.69, 9.17) is 0 Å². The van der Waals surface area contributed by atoms with Gasteiger partial charge >= 0.3 is 0 Å². The third kappa shape index (κ3) is 6.33. The topological polar surface area (TPSA) is 52.7 Å². The molecule has 5 heteroatoms. The Hall–Kier alpha value is -3.44. The first-order valence-electron chi connectivity index (χ1n) is 11.9. The van der Waals surface area contributed by atoms with E-state index in [9.17, 15) is 9.59 Å². The van der Waals surface area contributed by atoms with Crippen LogP contribution in [0.5, 0.6) is 0 Å². The quantitative estimate of drug-likeness (QED) is 0.557. The van der Waals surface area contributed by atoms with Gasteiger partial charge < -0.3 is 10.2 Å². The maximum atomic E-state index is 13.6. The highest BCUT2D eigenvalue weighted by molar-refractivity contribution is 5.94. The lowest BCUT2D eigenvalue weighted by molar-refractivity contribution is -0.137. The average Bonchev–Trinajstić information content (AvgIpc) is 2.97. The molecule has 3 aromatic carbocycles. The zero-order valence-electron chi connectivity index (χ0n) is 20.0. The van der Waals surface area contributed by atoms with Crippen LogP contribution in [0.15, 0.2) is 78.9 Å². The maximum absolute atomic E-state index is 13.6. The lowest BCUT2D eigenvalue weighted by Crippen LogP contribution is -2.37. The lowest BCUT2D eigenvalue weighted by Gasteiger charge is -2.24. The van der Waals surface area contributed by atoms with Gasteiger partial charge in [-0.1, -0.05) is 66.7 Å². The van der Waals surface area contributed by atoms with Crippen molar-refractivity contribution in [2.45, 2.75) is 33.4 Å². The normalized spacial score (nSPS) is 16.8. The molecule has 1 aliphatic heterocycles. The summed E-state index contributed by atoms with van der Waals surface area (Å²) in [5, 5.41) is 3.00. The van der Waals surface area contributed by atoms with E-state index in [0.29, 0.717) is 19.6 Å². The summed E-state index contributed by atoms with van der Waals surface area (Å²) < 4.78 is 0. The monoisotopic (exact) mass is 455 g/mol. The van der Waals surface area contributed by atoms with Gasteiger partial charge in [-0.05, 0) is 48.2 Å². The van der Waals surface area contributed by atoms with Gasteiger partial charge in [0.15, 0.2) is 0 Å². The lowest BCUT2D eigenvalue weighted by atomic mass is 10.0. The van der Waals surface area contributed by atoms with Gasteiger partial charge in [-0.15, -0.1) is 0 Å².